The van der Waals surface area contributed by atoms with Gasteiger partial charge in [-0.25, -0.2) is 4.99 Å². The van der Waals surface area contributed by atoms with Gasteiger partial charge in [-0.2, -0.15) is 0 Å². The molecule has 1 N–H and O–H groups in total. The van der Waals surface area contributed by atoms with Crippen LogP contribution in [0.1, 0.15) is 36.9 Å². The zero-order chi connectivity index (χ0) is 25.9. The molecule has 0 aromatic heterocycles. The highest BCUT2D eigenvalue weighted by molar-refractivity contribution is 7.80. The van der Waals surface area contributed by atoms with Crippen LogP contribution in [0.4, 0.5) is 5.69 Å². The molecule has 2 heterocycles. The van der Waals surface area contributed by atoms with Gasteiger partial charge in [0.1, 0.15) is 0 Å². The predicted molar refractivity (Wildman–Crippen MR) is 155 cm³/mol. The van der Waals surface area contributed by atoms with Crippen molar-refractivity contribution in [1.29, 1.82) is 0 Å². The molecule has 1 amide bonds. The number of carbonyl (C=O) groups excluding carboxylic acids is 1. The van der Waals surface area contributed by atoms with Gasteiger partial charge in [-0.3, -0.25) is 9.69 Å². The zero-order valence-corrected chi connectivity index (χ0v) is 22.8. The van der Waals surface area contributed by atoms with Gasteiger partial charge < -0.3 is 15.1 Å². The molecule has 1 fully saturated rings. The summed E-state index contributed by atoms with van der Waals surface area (Å²) in [6.45, 7) is 5.62. The van der Waals surface area contributed by atoms with Crippen LogP contribution in [0.15, 0.2) is 77.3 Å². The summed E-state index contributed by atoms with van der Waals surface area (Å²) in [5.74, 6) is -0.155. The molecule has 0 radical (unpaired) electrons. The average Bonchev–Trinajstić information content (AvgIpc) is 3.04. The molecule has 6 nitrogen and oxygen atoms in total. The Hall–Kier alpha value is -3.00. The van der Waals surface area contributed by atoms with E-state index in [0.29, 0.717) is 16.2 Å². The number of benzene rings is 2. The minimum Gasteiger partial charge on any atom is -0.347 e. The second-order valence-corrected chi connectivity index (χ2v) is 10.5. The van der Waals surface area contributed by atoms with E-state index < -0.39 is 6.17 Å². The standard InChI is InChI=1S/C29H32ClN5OS/c1-20(21-9-5-3-6-10-21)34-15-17-35(18-16-34)29(37)32-27-28(36)33(2)25-14-13-23(30)19-24(25)26(31-27)22-11-7-4-8-12-22/h3,5-7,9-14,19-20,27H,4,8,15-18H2,1-2H3,(H,32,37). The Bertz CT molecular complexity index is 1270. The first-order valence-electron chi connectivity index (χ1n) is 12.8. The molecule has 3 aliphatic rings. The lowest BCUT2D eigenvalue weighted by Crippen LogP contribution is -2.55. The van der Waals surface area contributed by atoms with Gasteiger partial charge in [0.2, 0.25) is 6.17 Å². The Balaban J connectivity index is 1.33. The number of fused-ring (bicyclic) bond motifs is 1. The number of likely N-dealkylation sites (N-methyl/N-ethyl adjacent to an activating group) is 1. The molecule has 8 heteroatoms. The number of thiocarbonyl (C=S) groups is 1. The van der Waals surface area contributed by atoms with E-state index in [0.717, 1.165) is 61.6 Å². The highest BCUT2D eigenvalue weighted by Gasteiger charge is 2.32. The molecule has 2 unspecified atom stereocenters. The quantitative estimate of drug-likeness (QED) is 0.563. The number of nitrogens with zero attached hydrogens (tertiary/aromatic N) is 4. The van der Waals surface area contributed by atoms with Crippen molar-refractivity contribution in [2.24, 2.45) is 4.99 Å². The monoisotopic (exact) mass is 533 g/mol. The highest BCUT2D eigenvalue weighted by atomic mass is 35.5. The van der Waals surface area contributed by atoms with Crippen molar-refractivity contribution in [3.63, 3.8) is 0 Å². The van der Waals surface area contributed by atoms with E-state index in [1.807, 2.05) is 18.2 Å². The van der Waals surface area contributed by atoms with E-state index in [9.17, 15) is 4.79 Å². The Morgan fingerprint density at radius 2 is 1.86 bits per heavy atom. The number of amides is 1. The van der Waals surface area contributed by atoms with Crippen molar-refractivity contribution in [3.05, 3.63) is 88.5 Å². The summed E-state index contributed by atoms with van der Waals surface area (Å²) in [4.78, 5) is 24.7. The summed E-state index contributed by atoms with van der Waals surface area (Å²) in [7, 11) is 1.78. The summed E-state index contributed by atoms with van der Waals surface area (Å²) in [5.41, 5.74) is 4.70. The van der Waals surface area contributed by atoms with Crippen LogP contribution in [0.2, 0.25) is 5.02 Å². The molecule has 192 valence electrons. The molecule has 2 aromatic rings. The smallest absolute Gasteiger partial charge is 0.272 e. The fourth-order valence-electron chi connectivity index (χ4n) is 5.12. The number of piperazine rings is 1. The Labute approximate surface area is 229 Å². The molecule has 2 aromatic carbocycles. The van der Waals surface area contributed by atoms with E-state index >= 15 is 0 Å². The highest BCUT2D eigenvalue weighted by Crippen LogP contribution is 2.31. The van der Waals surface area contributed by atoms with E-state index in [-0.39, 0.29) is 5.91 Å². The minimum atomic E-state index is -0.823. The number of halogens is 1. The van der Waals surface area contributed by atoms with Gasteiger partial charge in [-0.05, 0) is 61.3 Å². The number of hydrogen-bond acceptors (Lipinski definition) is 4. The zero-order valence-electron chi connectivity index (χ0n) is 21.2. The molecule has 2 aliphatic heterocycles. The number of carbonyl (C=O) groups is 1. The SMILES string of the molecule is CC(c1ccccc1)N1CCN(C(=S)NC2N=C(C3=CCCC=C3)c3cc(Cl)ccc3N(C)C2=O)CC1. The number of benzodiazepines with no additional fused rings is 1. The third kappa shape index (κ3) is 5.49. The fourth-order valence-corrected chi connectivity index (χ4v) is 5.59. The van der Waals surface area contributed by atoms with E-state index in [1.54, 1.807) is 18.0 Å². The number of nitrogens with one attached hydrogen (secondary N) is 1. The first kappa shape index (κ1) is 25.6. The van der Waals surface area contributed by atoms with Crippen LogP contribution in [-0.4, -0.2) is 65.9 Å². The Kier molecular flexibility index (Phi) is 7.74. The number of anilines is 1. The van der Waals surface area contributed by atoms with Gasteiger partial charge in [0.25, 0.3) is 5.91 Å². The third-order valence-electron chi connectivity index (χ3n) is 7.36. The second-order valence-electron chi connectivity index (χ2n) is 9.64. The first-order valence-corrected chi connectivity index (χ1v) is 13.6. The molecule has 2 atom stereocenters. The van der Waals surface area contributed by atoms with Crippen LogP contribution in [-0.2, 0) is 4.79 Å². The molecule has 1 saturated heterocycles. The summed E-state index contributed by atoms with van der Waals surface area (Å²) in [5, 5.41) is 4.44. The molecular formula is C29H32ClN5OS. The molecule has 1 aliphatic carbocycles. The fraction of sp³-hybridized carbons (Fsp3) is 0.345. The van der Waals surface area contributed by atoms with Crippen molar-refractivity contribution < 1.29 is 4.79 Å². The first-order chi connectivity index (χ1) is 17.9. The van der Waals surface area contributed by atoms with Gasteiger partial charge in [0, 0.05) is 49.9 Å². The summed E-state index contributed by atoms with van der Waals surface area (Å²) < 4.78 is 0. The number of hydrogen-bond donors (Lipinski definition) is 1. The Morgan fingerprint density at radius 3 is 2.57 bits per heavy atom. The molecule has 37 heavy (non-hydrogen) atoms. The molecule has 5 rings (SSSR count). The van der Waals surface area contributed by atoms with Crippen molar-refractivity contribution in [3.8, 4) is 0 Å². The van der Waals surface area contributed by atoms with Crippen molar-refractivity contribution in [2.45, 2.75) is 32.0 Å². The Morgan fingerprint density at radius 1 is 1.11 bits per heavy atom. The van der Waals surface area contributed by atoms with Gasteiger partial charge in [-0.15, -0.1) is 0 Å². The topological polar surface area (TPSA) is 51.2 Å². The molecule has 0 bridgehead atoms. The van der Waals surface area contributed by atoms with Gasteiger partial charge in [-0.1, -0.05) is 60.2 Å². The van der Waals surface area contributed by atoms with Gasteiger partial charge >= 0.3 is 0 Å². The van der Waals surface area contributed by atoms with E-state index in [2.05, 4.69) is 64.5 Å². The normalized spacial score (nSPS) is 21.1. The molecule has 0 spiro atoms. The summed E-state index contributed by atoms with van der Waals surface area (Å²) >= 11 is 12.2. The lowest BCUT2D eigenvalue weighted by atomic mass is 9.96. The molecular weight excluding hydrogens is 502 g/mol. The van der Waals surface area contributed by atoms with Crippen molar-refractivity contribution in [1.82, 2.24) is 15.1 Å². The average molecular weight is 534 g/mol. The largest absolute Gasteiger partial charge is 0.347 e. The predicted octanol–water partition coefficient (Wildman–Crippen LogP) is 4.96. The van der Waals surface area contributed by atoms with Gasteiger partial charge in [0.05, 0.1) is 11.4 Å². The number of rotatable bonds is 4. The van der Waals surface area contributed by atoms with E-state index in [1.165, 1.54) is 5.56 Å². The minimum absolute atomic E-state index is 0.155. The number of allylic oxidation sites excluding steroid dienone is 4. The van der Waals surface area contributed by atoms with Gasteiger partial charge in [0.15, 0.2) is 5.11 Å². The van der Waals surface area contributed by atoms with E-state index in [4.69, 9.17) is 28.8 Å². The lowest BCUT2D eigenvalue weighted by molar-refractivity contribution is -0.119. The van der Waals surface area contributed by atoms with Crippen LogP contribution >= 0.6 is 23.8 Å². The lowest BCUT2D eigenvalue weighted by Gasteiger charge is -2.39. The second kappa shape index (κ2) is 11.2. The maximum absolute atomic E-state index is 13.5. The van der Waals surface area contributed by atoms with Crippen LogP contribution in [0, 0.1) is 0 Å². The van der Waals surface area contributed by atoms with Crippen LogP contribution in [0.3, 0.4) is 0 Å². The maximum Gasteiger partial charge on any atom is 0.272 e. The summed E-state index contributed by atoms with van der Waals surface area (Å²) in [6.07, 6.45) is 7.50. The maximum atomic E-state index is 13.5. The van der Waals surface area contributed by atoms with Crippen molar-refractivity contribution >= 4 is 46.2 Å². The summed E-state index contributed by atoms with van der Waals surface area (Å²) in [6, 6.07) is 16.5. The van der Waals surface area contributed by atoms with Crippen molar-refractivity contribution in [2.75, 3.05) is 38.1 Å². The molecule has 0 saturated carbocycles. The third-order valence-corrected chi connectivity index (χ3v) is 7.97. The van der Waals surface area contributed by atoms with Crippen LogP contribution in [0.5, 0.6) is 0 Å². The number of aliphatic imine (C=N–C) groups is 1. The van der Waals surface area contributed by atoms with Crippen LogP contribution in [0.25, 0.3) is 0 Å². The van der Waals surface area contributed by atoms with Crippen LogP contribution < -0.4 is 10.2 Å².